The van der Waals surface area contributed by atoms with Crippen LogP contribution in [-0.4, -0.2) is 59.9 Å². The summed E-state index contributed by atoms with van der Waals surface area (Å²) in [5.74, 6) is 0.620. The van der Waals surface area contributed by atoms with E-state index in [9.17, 15) is 0 Å². The van der Waals surface area contributed by atoms with Crippen molar-refractivity contribution in [1.29, 1.82) is 0 Å². The zero-order chi connectivity index (χ0) is 13.7. The third-order valence-corrected chi connectivity index (χ3v) is 2.98. The van der Waals surface area contributed by atoms with E-state index in [0.717, 1.165) is 23.3 Å². The molecule has 1 N–H and O–H groups in total. The number of hydrogen-bond acceptors (Lipinski definition) is 5. The number of likely N-dealkylation sites (N-methyl/N-ethyl adjacent to an activating group) is 1. The summed E-state index contributed by atoms with van der Waals surface area (Å²) in [4.78, 5) is 6.45. The summed E-state index contributed by atoms with van der Waals surface area (Å²) in [7, 11) is 4.06. The molecule has 0 aliphatic carbocycles. The van der Waals surface area contributed by atoms with Crippen molar-refractivity contribution >= 4 is 27.5 Å². The molecule has 19 heavy (non-hydrogen) atoms. The van der Waals surface area contributed by atoms with Gasteiger partial charge in [-0.3, -0.25) is 0 Å². The number of nitrogens with one attached hydrogen (secondary N) is 1. The van der Waals surface area contributed by atoms with Gasteiger partial charge in [-0.1, -0.05) is 0 Å². The average molecular weight is 328 g/mol. The van der Waals surface area contributed by atoms with Crippen molar-refractivity contribution in [3.05, 3.63) is 22.8 Å². The number of pyridine rings is 1. The first-order valence-corrected chi connectivity index (χ1v) is 6.93. The Balaban J connectivity index is 1.75. The predicted octanol–water partition coefficient (Wildman–Crippen LogP) is 1.48. The second kappa shape index (κ2) is 6.83. The number of ether oxygens (including phenoxy) is 1. The molecule has 0 aromatic carbocycles. The van der Waals surface area contributed by atoms with Crippen LogP contribution in [0, 0.1) is 0 Å². The second-order valence-electron chi connectivity index (χ2n) is 4.43. The van der Waals surface area contributed by atoms with Crippen LogP contribution in [0.1, 0.15) is 0 Å². The van der Waals surface area contributed by atoms with E-state index >= 15 is 0 Å². The monoisotopic (exact) mass is 327 g/mol. The Morgan fingerprint density at radius 1 is 1.37 bits per heavy atom. The normalized spacial score (nSPS) is 11.4. The Morgan fingerprint density at radius 2 is 2.21 bits per heavy atom. The molecular weight excluding hydrogens is 310 g/mol. The van der Waals surface area contributed by atoms with Crippen molar-refractivity contribution in [3.8, 4) is 0 Å². The number of anilines is 1. The first-order valence-electron chi connectivity index (χ1n) is 6.13. The minimum Gasteiger partial charge on any atom is -0.378 e. The number of aromatic nitrogens is 3. The molecule has 2 aromatic rings. The van der Waals surface area contributed by atoms with Gasteiger partial charge in [0.25, 0.3) is 0 Å². The van der Waals surface area contributed by atoms with Gasteiger partial charge in [0.2, 0.25) is 5.95 Å². The molecule has 6 nitrogen and oxygen atoms in total. The summed E-state index contributed by atoms with van der Waals surface area (Å²) in [5, 5.41) is 7.46. The SMILES string of the molecule is CN(C)CCOCCNc1nc2ccc(Br)cn2n1. The molecule has 0 bridgehead atoms. The van der Waals surface area contributed by atoms with Crippen molar-refractivity contribution in [2.24, 2.45) is 0 Å². The second-order valence-corrected chi connectivity index (χ2v) is 5.34. The van der Waals surface area contributed by atoms with Crippen molar-refractivity contribution < 1.29 is 4.74 Å². The molecule has 0 atom stereocenters. The van der Waals surface area contributed by atoms with Gasteiger partial charge in [-0.15, -0.1) is 5.10 Å². The van der Waals surface area contributed by atoms with Crippen LogP contribution >= 0.6 is 15.9 Å². The van der Waals surface area contributed by atoms with Gasteiger partial charge in [0.05, 0.1) is 13.2 Å². The molecule has 0 aliphatic rings. The number of rotatable bonds is 7. The maximum atomic E-state index is 5.49. The van der Waals surface area contributed by atoms with Crippen LogP contribution < -0.4 is 5.32 Å². The summed E-state index contributed by atoms with van der Waals surface area (Å²) in [6.07, 6.45) is 1.88. The van der Waals surface area contributed by atoms with E-state index in [1.54, 1.807) is 4.52 Å². The zero-order valence-corrected chi connectivity index (χ0v) is 12.7. The van der Waals surface area contributed by atoms with Crippen LogP contribution in [-0.2, 0) is 4.74 Å². The number of fused-ring (bicyclic) bond motifs is 1. The number of halogens is 1. The van der Waals surface area contributed by atoms with Crippen LogP contribution in [0.15, 0.2) is 22.8 Å². The van der Waals surface area contributed by atoms with E-state index in [-0.39, 0.29) is 0 Å². The minimum atomic E-state index is 0.620. The van der Waals surface area contributed by atoms with Gasteiger partial charge in [0, 0.05) is 23.8 Å². The Bertz CT molecular complexity index is 528. The lowest BCUT2D eigenvalue weighted by molar-refractivity contribution is 0.126. The van der Waals surface area contributed by atoms with Gasteiger partial charge >= 0.3 is 0 Å². The molecule has 104 valence electrons. The Labute approximate surface area is 120 Å². The quantitative estimate of drug-likeness (QED) is 0.781. The first kappa shape index (κ1) is 14.2. The predicted molar refractivity (Wildman–Crippen MR) is 78.5 cm³/mol. The smallest absolute Gasteiger partial charge is 0.243 e. The van der Waals surface area contributed by atoms with Gasteiger partial charge in [0.15, 0.2) is 5.65 Å². The highest BCUT2D eigenvalue weighted by molar-refractivity contribution is 9.10. The summed E-state index contributed by atoms with van der Waals surface area (Å²) >= 11 is 3.40. The van der Waals surface area contributed by atoms with Gasteiger partial charge in [0.1, 0.15) is 0 Å². The number of hydrogen-bond donors (Lipinski definition) is 1. The van der Waals surface area contributed by atoms with Gasteiger partial charge in [-0.2, -0.15) is 4.98 Å². The summed E-state index contributed by atoms with van der Waals surface area (Å²) in [5.41, 5.74) is 0.819. The van der Waals surface area contributed by atoms with Crippen molar-refractivity contribution in [2.75, 3.05) is 45.7 Å². The van der Waals surface area contributed by atoms with Crippen LogP contribution in [0.3, 0.4) is 0 Å². The molecule has 0 radical (unpaired) electrons. The maximum Gasteiger partial charge on any atom is 0.243 e. The van der Waals surface area contributed by atoms with Crippen LogP contribution in [0.5, 0.6) is 0 Å². The van der Waals surface area contributed by atoms with Crippen LogP contribution in [0.4, 0.5) is 5.95 Å². The van der Waals surface area contributed by atoms with Crippen molar-refractivity contribution in [3.63, 3.8) is 0 Å². The first-order chi connectivity index (χ1) is 9.15. The molecule has 0 unspecified atom stereocenters. The fourth-order valence-electron chi connectivity index (χ4n) is 1.52. The fourth-order valence-corrected chi connectivity index (χ4v) is 1.84. The molecule has 0 saturated heterocycles. The molecule has 0 spiro atoms. The Kier molecular flexibility index (Phi) is 5.12. The molecule has 0 amide bonds. The minimum absolute atomic E-state index is 0.620. The summed E-state index contributed by atoms with van der Waals surface area (Å²) in [6, 6.07) is 3.86. The molecule has 2 heterocycles. The molecule has 2 aromatic heterocycles. The van der Waals surface area contributed by atoms with Crippen LogP contribution in [0.25, 0.3) is 5.65 Å². The van der Waals surface area contributed by atoms with E-state index in [0.29, 0.717) is 19.1 Å². The van der Waals surface area contributed by atoms with E-state index in [1.165, 1.54) is 0 Å². The summed E-state index contributed by atoms with van der Waals surface area (Å²) < 4.78 is 8.20. The van der Waals surface area contributed by atoms with Crippen molar-refractivity contribution in [2.45, 2.75) is 0 Å². The van der Waals surface area contributed by atoms with Crippen LogP contribution in [0.2, 0.25) is 0 Å². The maximum absolute atomic E-state index is 5.49. The molecule has 0 saturated carbocycles. The molecular formula is C12H18BrN5O. The van der Waals surface area contributed by atoms with Gasteiger partial charge in [-0.25, -0.2) is 4.52 Å². The highest BCUT2D eigenvalue weighted by atomic mass is 79.9. The standard InChI is InChI=1S/C12H18BrN5O/c1-17(2)6-8-19-7-5-14-12-15-11-4-3-10(13)9-18(11)16-12/h3-4,9H,5-8H2,1-2H3,(H,14,16). The molecule has 2 rings (SSSR count). The summed E-state index contributed by atoms with van der Waals surface area (Å²) in [6.45, 7) is 3.01. The zero-order valence-electron chi connectivity index (χ0n) is 11.1. The van der Waals surface area contributed by atoms with E-state index in [4.69, 9.17) is 4.74 Å². The highest BCUT2D eigenvalue weighted by Crippen LogP contribution is 2.11. The fraction of sp³-hybridized carbons (Fsp3) is 0.500. The Morgan fingerprint density at radius 3 is 3.00 bits per heavy atom. The van der Waals surface area contributed by atoms with Gasteiger partial charge in [-0.05, 0) is 42.2 Å². The van der Waals surface area contributed by atoms with E-state index in [1.807, 2.05) is 32.4 Å². The molecule has 7 heteroatoms. The number of nitrogens with zero attached hydrogens (tertiary/aromatic N) is 4. The van der Waals surface area contributed by atoms with Crippen molar-refractivity contribution in [1.82, 2.24) is 19.5 Å². The lowest BCUT2D eigenvalue weighted by atomic mass is 10.5. The topological polar surface area (TPSA) is 54.7 Å². The average Bonchev–Trinajstić information content (AvgIpc) is 2.75. The third-order valence-electron chi connectivity index (χ3n) is 2.51. The lowest BCUT2D eigenvalue weighted by Crippen LogP contribution is -2.20. The lowest BCUT2D eigenvalue weighted by Gasteiger charge is -2.09. The highest BCUT2D eigenvalue weighted by Gasteiger charge is 2.02. The van der Waals surface area contributed by atoms with E-state index < -0.39 is 0 Å². The molecule has 0 fully saturated rings. The molecule has 0 aliphatic heterocycles. The Hall–Kier alpha value is -1.18. The van der Waals surface area contributed by atoms with E-state index in [2.05, 4.69) is 36.2 Å². The van der Waals surface area contributed by atoms with Gasteiger partial charge < -0.3 is 15.0 Å². The largest absolute Gasteiger partial charge is 0.378 e. The third kappa shape index (κ3) is 4.45.